The predicted molar refractivity (Wildman–Crippen MR) is 121 cm³/mol. The number of carboxylic acid groups (broad SMARTS) is 1. The van der Waals surface area contributed by atoms with Crippen LogP contribution in [0.2, 0.25) is 0 Å². The fourth-order valence-electron chi connectivity index (χ4n) is 3.72. The molecule has 1 atom stereocenters. The number of nitrogens with zero attached hydrogens (tertiary/aromatic N) is 2. The van der Waals surface area contributed by atoms with Crippen LogP contribution in [-0.4, -0.2) is 20.6 Å². The highest BCUT2D eigenvalue weighted by molar-refractivity contribution is 8.08. The van der Waals surface area contributed by atoms with E-state index in [1.165, 1.54) is 33.7 Å². The molecule has 1 aliphatic heterocycles. The number of fused-ring (bicyclic) bond motifs is 1. The van der Waals surface area contributed by atoms with Gasteiger partial charge in [-0.3, -0.25) is 15.2 Å². The van der Waals surface area contributed by atoms with Crippen molar-refractivity contribution in [3.05, 3.63) is 74.4 Å². The van der Waals surface area contributed by atoms with Crippen LogP contribution >= 0.6 is 23.1 Å². The third-order valence-corrected chi connectivity index (χ3v) is 8.00. The van der Waals surface area contributed by atoms with Gasteiger partial charge in [-0.05, 0) is 66.6 Å². The van der Waals surface area contributed by atoms with Crippen molar-refractivity contribution >= 4 is 40.0 Å². The number of benzene rings is 1. The summed E-state index contributed by atoms with van der Waals surface area (Å²) in [6.07, 6.45) is 7.91. The summed E-state index contributed by atoms with van der Waals surface area (Å²) in [4.78, 5) is 17.4. The van der Waals surface area contributed by atoms with Gasteiger partial charge < -0.3 is 9.67 Å². The van der Waals surface area contributed by atoms with Gasteiger partial charge in [0.15, 0.2) is 0 Å². The lowest BCUT2D eigenvalue weighted by molar-refractivity contribution is -0.137. The van der Waals surface area contributed by atoms with Gasteiger partial charge in [-0.1, -0.05) is 24.8 Å². The number of aryl methyl sites for hydroxylation is 1. The topological polar surface area (TPSA) is 79.0 Å². The molecule has 31 heavy (non-hydrogen) atoms. The number of hydrogen-bond acceptors (Lipinski definition) is 5. The largest absolute Gasteiger partial charge is 0.480 e. The number of aliphatic carboxylic acids is 1. The van der Waals surface area contributed by atoms with Gasteiger partial charge in [0, 0.05) is 22.2 Å². The van der Waals surface area contributed by atoms with E-state index < -0.39 is 5.97 Å². The highest BCUT2D eigenvalue weighted by atomic mass is 32.2. The number of rotatable bonds is 4. The maximum absolute atomic E-state index is 13.9. The summed E-state index contributed by atoms with van der Waals surface area (Å²) in [5, 5.41) is 18.2. The normalized spacial score (nSPS) is 18.5. The van der Waals surface area contributed by atoms with E-state index in [4.69, 9.17) is 5.41 Å². The number of carboxylic acids is 1. The summed E-state index contributed by atoms with van der Waals surface area (Å²) in [6.45, 7) is 1.83. The maximum atomic E-state index is 13.9. The fraction of sp³-hybridized carbons (Fsp3) is 0.261. The molecule has 0 amide bonds. The molecule has 1 aromatic carbocycles. The van der Waals surface area contributed by atoms with E-state index in [0.29, 0.717) is 4.66 Å². The molecule has 160 valence electrons. The van der Waals surface area contributed by atoms with Gasteiger partial charge >= 0.3 is 5.97 Å². The molecular weight excluding hydrogens is 433 g/mol. The molecule has 4 rings (SSSR count). The number of halogens is 1. The van der Waals surface area contributed by atoms with Crippen LogP contribution in [0.15, 0.2) is 47.6 Å². The average molecular weight is 456 g/mol. The third kappa shape index (κ3) is 4.65. The van der Waals surface area contributed by atoms with Gasteiger partial charge in [0.05, 0.1) is 9.20 Å². The predicted octanol–water partition coefficient (Wildman–Crippen LogP) is 3.35. The maximum Gasteiger partial charge on any atom is 0.323 e. The van der Waals surface area contributed by atoms with Crippen LogP contribution in [0.1, 0.15) is 30.9 Å². The quantitative estimate of drug-likeness (QED) is 0.632. The lowest BCUT2D eigenvalue weighted by Gasteiger charge is -2.14. The zero-order chi connectivity index (χ0) is 22.0. The minimum atomic E-state index is -0.995. The Bertz CT molecular complexity index is 1300. The van der Waals surface area contributed by atoms with Crippen LogP contribution in [0.3, 0.4) is 0 Å². The Labute approximate surface area is 187 Å². The van der Waals surface area contributed by atoms with E-state index in [9.17, 15) is 14.3 Å². The Morgan fingerprint density at radius 3 is 2.84 bits per heavy atom. The molecule has 1 aliphatic rings. The second-order valence-electron chi connectivity index (χ2n) is 7.39. The molecule has 0 spiro atoms. The summed E-state index contributed by atoms with van der Waals surface area (Å²) in [5.74, 6) is -1.04. The number of hydrogen-bond donors (Lipinski definition) is 2. The van der Waals surface area contributed by atoms with Crippen molar-refractivity contribution in [2.24, 2.45) is 5.92 Å². The van der Waals surface area contributed by atoms with Gasteiger partial charge in [0.1, 0.15) is 17.8 Å². The van der Waals surface area contributed by atoms with Gasteiger partial charge in [-0.15, -0.1) is 11.3 Å². The number of pyridine rings is 1. The average Bonchev–Trinajstić information content (AvgIpc) is 2.93. The van der Waals surface area contributed by atoms with Gasteiger partial charge in [-0.2, -0.15) is 0 Å². The van der Waals surface area contributed by atoms with Gasteiger partial charge in [0.2, 0.25) is 0 Å². The number of aromatic nitrogens is 2. The smallest absolute Gasteiger partial charge is 0.323 e. The van der Waals surface area contributed by atoms with Crippen molar-refractivity contribution in [2.45, 2.75) is 37.6 Å². The van der Waals surface area contributed by atoms with E-state index in [2.05, 4.69) is 11.9 Å². The fourth-order valence-corrected chi connectivity index (χ4v) is 6.47. The van der Waals surface area contributed by atoms with Crippen molar-refractivity contribution in [3.63, 3.8) is 0 Å². The number of nitrogens with one attached hydrogen (secondary N) is 1. The second-order valence-corrected chi connectivity index (χ2v) is 9.50. The van der Waals surface area contributed by atoms with Crippen LogP contribution in [-0.2, 0) is 17.8 Å². The highest BCUT2D eigenvalue weighted by Gasteiger charge is 2.23. The summed E-state index contributed by atoms with van der Waals surface area (Å²) < 4.78 is 16.9. The molecule has 5 nitrogen and oxygen atoms in total. The van der Waals surface area contributed by atoms with E-state index in [1.807, 2.05) is 24.3 Å². The van der Waals surface area contributed by atoms with Crippen LogP contribution in [0, 0.1) is 17.1 Å². The zero-order valence-electron chi connectivity index (χ0n) is 17.0. The lowest BCUT2D eigenvalue weighted by atomic mass is 9.97. The van der Waals surface area contributed by atoms with E-state index in [-0.39, 0.29) is 23.8 Å². The number of thiazole rings is 1. The van der Waals surface area contributed by atoms with Gasteiger partial charge in [-0.25, -0.2) is 4.39 Å². The Hall–Kier alpha value is -2.71. The van der Waals surface area contributed by atoms with Crippen molar-refractivity contribution in [2.75, 3.05) is 0 Å². The minimum absolute atomic E-state index is 0.188. The van der Waals surface area contributed by atoms with E-state index >= 15 is 0 Å². The molecule has 0 aliphatic carbocycles. The van der Waals surface area contributed by atoms with Crippen LogP contribution in [0.4, 0.5) is 4.39 Å². The Morgan fingerprint density at radius 2 is 2.13 bits per heavy atom. The highest BCUT2D eigenvalue weighted by Crippen LogP contribution is 2.41. The zero-order valence-corrected chi connectivity index (χ0v) is 18.6. The van der Waals surface area contributed by atoms with Crippen molar-refractivity contribution < 1.29 is 14.3 Å². The molecule has 0 saturated carbocycles. The first-order chi connectivity index (χ1) is 15.0. The molecule has 0 radical (unpaired) electrons. The summed E-state index contributed by atoms with van der Waals surface area (Å²) in [5.41, 5.74) is 2.19. The first kappa shape index (κ1) is 21.5. The standard InChI is InChI=1S/C23H22FN3O2S2/c1-2-15-3-4-16-5-6-17(24)12-18(16)30-21(15)22-23(25)27(13-20(28)29)19(31-22)11-14-7-9-26-10-8-14/h5-12,15,25H,2-4,13H2,1H3,(H,28,29). The Morgan fingerprint density at radius 1 is 1.35 bits per heavy atom. The Balaban J connectivity index is 1.97. The molecule has 3 aromatic rings. The minimum Gasteiger partial charge on any atom is -0.480 e. The van der Waals surface area contributed by atoms with Crippen molar-refractivity contribution in [3.8, 4) is 0 Å². The summed E-state index contributed by atoms with van der Waals surface area (Å²) in [7, 11) is 0. The van der Waals surface area contributed by atoms with Crippen molar-refractivity contribution in [1.82, 2.24) is 9.55 Å². The van der Waals surface area contributed by atoms with Gasteiger partial charge in [0.25, 0.3) is 0 Å². The molecule has 0 fully saturated rings. The lowest BCUT2D eigenvalue weighted by Crippen LogP contribution is -2.35. The second kappa shape index (κ2) is 9.20. The molecule has 1 unspecified atom stereocenters. The SMILES string of the molecule is CCC1CCc2ccc(F)cc2SC1=c1sc(=Cc2ccncc2)n(CC(=O)O)c1=N. The van der Waals surface area contributed by atoms with Crippen LogP contribution < -0.4 is 14.7 Å². The van der Waals surface area contributed by atoms with E-state index in [1.54, 1.807) is 18.5 Å². The first-order valence-electron chi connectivity index (χ1n) is 10.0. The number of thioether (sulfide) groups is 1. The Kier molecular flexibility index (Phi) is 6.38. The van der Waals surface area contributed by atoms with E-state index in [0.717, 1.165) is 44.7 Å². The number of carbonyl (C=O) groups is 1. The third-order valence-electron chi connectivity index (χ3n) is 5.35. The molecule has 2 aromatic heterocycles. The van der Waals surface area contributed by atoms with Crippen molar-refractivity contribution in [1.29, 1.82) is 5.41 Å². The first-order valence-corrected chi connectivity index (χ1v) is 11.7. The van der Waals surface area contributed by atoms with Crippen LogP contribution in [0.25, 0.3) is 11.0 Å². The molecule has 0 bridgehead atoms. The monoisotopic (exact) mass is 455 g/mol. The molecule has 0 saturated heterocycles. The summed E-state index contributed by atoms with van der Waals surface area (Å²) >= 11 is 2.94. The molecular formula is C23H22FN3O2S2. The molecule has 8 heteroatoms. The molecule has 2 N–H and O–H groups in total. The summed E-state index contributed by atoms with van der Waals surface area (Å²) in [6, 6.07) is 8.58. The van der Waals surface area contributed by atoms with Crippen LogP contribution in [0.5, 0.6) is 0 Å². The molecule has 3 heterocycles.